The monoisotopic (exact) mass is 508 g/mol. The molecule has 32 heavy (non-hydrogen) atoms. The molecule has 0 atom stereocenters. The zero-order valence-electron chi connectivity index (χ0n) is 17.4. The van der Waals surface area contributed by atoms with Crippen LogP contribution in [-0.2, 0) is 0 Å². The van der Waals surface area contributed by atoms with E-state index >= 15 is 0 Å². The van der Waals surface area contributed by atoms with Crippen LogP contribution < -0.4 is 5.43 Å². The van der Waals surface area contributed by atoms with Crippen molar-refractivity contribution in [1.82, 2.24) is 0 Å². The summed E-state index contributed by atoms with van der Waals surface area (Å²) in [6.45, 7) is 7.14. The second-order valence-electron chi connectivity index (χ2n) is 7.77. The molecule has 0 amide bonds. The Kier molecular flexibility index (Phi) is 5.71. The maximum absolute atomic E-state index is 12.7. The number of rotatable bonds is 2. The Labute approximate surface area is 203 Å². The van der Waals surface area contributed by atoms with E-state index in [0.29, 0.717) is 39.0 Å². The molecule has 4 nitrogen and oxygen atoms in total. The van der Waals surface area contributed by atoms with Crippen molar-refractivity contribution in [2.45, 2.75) is 27.7 Å². The summed E-state index contributed by atoms with van der Waals surface area (Å²) >= 11 is 25.5. The smallest absolute Gasteiger partial charge is 0.337 e. The van der Waals surface area contributed by atoms with Gasteiger partial charge in [0.05, 0.1) is 25.7 Å². The molecule has 0 bridgehead atoms. The number of carbonyl (C=O) groups is 1. The predicted octanol–water partition coefficient (Wildman–Crippen LogP) is 8.11. The summed E-state index contributed by atoms with van der Waals surface area (Å²) in [5.41, 5.74) is 3.79. The molecule has 2 aliphatic rings. The molecule has 8 heteroatoms. The van der Waals surface area contributed by atoms with Crippen molar-refractivity contribution >= 4 is 63.3 Å². The standard InChI is InChI=1S/C24H16Cl4O4/c1-8-5-10(3)22-12(6-8)14(13-7-9(2)21(29)11(4)23(13)32-22)15-16(24(30)31)18(26)20(28)19(27)17(15)25/h5-7H,1-4H3,(H,30,31). The van der Waals surface area contributed by atoms with Gasteiger partial charge in [-0.15, -0.1) is 0 Å². The first-order valence-electron chi connectivity index (χ1n) is 9.53. The lowest BCUT2D eigenvalue weighted by molar-refractivity contribution is 0.0698. The zero-order chi connectivity index (χ0) is 23.6. The van der Waals surface area contributed by atoms with Crippen molar-refractivity contribution < 1.29 is 14.3 Å². The SMILES string of the molecule is Cc1cc(C)c2oc3c(C)c(=O)c(C)cc-3c(-c3c(Cl)c(Cl)c(Cl)c(Cl)c3C(=O)O)c2c1. The van der Waals surface area contributed by atoms with Crippen molar-refractivity contribution in [3.05, 3.63) is 76.3 Å². The quantitative estimate of drug-likeness (QED) is 0.168. The van der Waals surface area contributed by atoms with Crippen LogP contribution in [0.3, 0.4) is 0 Å². The number of fused-ring (bicyclic) bond motifs is 2. The summed E-state index contributed by atoms with van der Waals surface area (Å²) in [6, 6.07) is 5.47. The van der Waals surface area contributed by atoms with Crippen LogP contribution in [0, 0.1) is 27.7 Å². The van der Waals surface area contributed by atoms with Gasteiger partial charge in [-0.05, 0) is 56.5 Å². The van der Waals surface area contributed by atoms with Crippen LogP contribution in [0.1, 0.15) is 32.6 Å². The fourth-order valence-corrected chi connectivity index (χ4v) is 5.15. The summed E-state index contributed by atoms with van der Waals surface area (Å²) in [5, 5.41) is 10.2. The Hall–Kier alpha value is -2.24. The van der Waals surface area contributed by atoms with E-state index in [1.807, 2.05) is 26.0 Å². The van der Waals surface area contributed by atoms with Crippen LogP contribution in [0.15, 0.2) is 27.4 Å². The molecule has 1 aliphatic carbocycles. The largest absolute Gasteiger partial charge is 0.478 e. The molecule has 1 aliphatic heterocycles. The van der Waals surface area contributed by atoms with Gasteiger partial charge >= 0.3 is 5.97 Å². The first-order valence-corrected chi connectivity index (χ1v) is 11.0. The molecule has 0 aromatic heterocycles. The van der Waals surface area contributed by atoms with E-state index in [9.17, 15) is 14.7 Å². The lowest BCUT2D eigenvalue weighted by Gasteiger charge is -2.22. The summed E-state index contributed by atoms with van der Waals surface area (Å²) in [4.78, 5) is 25.0. The van der Waals surface area contributed by atoms with Crippen LogP contribution in [0.4, 0.5) is 0 Å². The van der Waals surface area contributed by atoms with Crippen molar-refractivity contribution in [1.29, 1.82) is 0 Å². The minimum absolute atomic E-state index is 0.0482. The molecule has 0 fully saturated rings. The third kappa shape index (κ3) is 3.29. The van der Waals surface area contributed by atoms with Crippen molar-refractivity contribution in [2.75, 3.05) is 0 Å². The summed E-state index contributed by atoms with van der Waals surface area (Å²) in [5.74, 6) is -0.976. The number of aryl methyl sites for hydroxylation is 3. The minimum Gasteiger partial charge on any atom is -0.478 e. The fourth-order valence-electron chi connectivity index (χ4n) is 4.12. The number of halogens is 4. The number of hydrogen-bond acceptors (Lipinski definition) is 3. The van der Waals surface area contributed by atoms with Gasteiger partial charge in [0.2, 0.25) is 0 Å². The van der Waals surface area contributed by atoms with Gasteiger partial charge in [0, 0.05) is 27.6 Å². The lowest BCUT2D eigenvalue weighted by Crippen LogP contribution is -2.12. The molecule has 2 aromatic carbocycles. The number of hydrogen-bond donors (Lipinski definition) is 1. The zero-order valence-corrected chi connectivity index (χ0v) is 20.4. The molecule has 0 radical (unpaired) electrons. The second-order valence-corrected chi connectivity index (χ2v) is 9.28. The lowest BCUT2D eigenvalue weighted by atomic mass is 9.87. The number of benzene rings is 3. The molecule has 2 aromatic rings. The molecule has 0 saturated carbocycles. The summed E-state index contributed by atoms with van der Waals surface area (Å²) < 4.78 is 6.20. The molecule has 0 saturated heterocycles. The highest BCUT2D eigenvalue weighted by Gasteiger charge is 2.31. The summed E-state index contributed by atoms with van der Waals surface area (Å²) in [6.07, 6.45) is 0. The second kappa shape index (κ2) is 7.96. The molecule has 0 unspecified atom stereocenters. The molecule has 0 spiro atoms. The van der Waals surface area contributed by atoms with Gasteiger partial charge in [-0.3, -0.25) is 4.79 Å². The highest BCUT2D eigenvalue weighted by molar-refractivity contribution is 6.54. The van der Waals surface area contributed by atoms with Gasteiger partial charge in [0.25, 0.3) is 0 Å². The molecule has 4 rings (SSSR count). The Morgan fingerprint density at radius 2 is 1.47 bits per heavy atom. The third-order valence-electron chi connectivity index (χ3n) is 5.54. The third-order valence-corrected chi connectivity index (χ3v) is 7.34. The normalized spacial score (nSPS) is 11.5. The van der Waals surface area contributed by atoms with E-state index in [4.69, 9.17) is 50.8 Å². The molecular formula is C24H16Cl4O4. The van der Waals surface area contributed by atoms with E-state index in [0.717, 1.165) is 11.1 Å². The van der Waals surface area contributed by atoms with Gasteiger partial charge in [-0.2, -0.15) is 0 Å². The number of aromatic carboxylic acids is 1. The molecule has 1 heterocycles. The Bertz CT molecular complexity index is 1500. The molecule has 164 valence electrons. The van der Waals surface area contributed by atoms with Gasteiger partial charge in [0.15, 0.2) is 5.43 Å². The van der Waals surface area contributed by atoms with Crippen LogP contribution in [0.5, 0.6) is 0 Å². The topological polar surface area (TPSA) is 67.5 Å². The van der Waals surface area contributed by atoms with Gasteiger partial charge in [0.1, 0.15) is 11.3 Å². The van der Waals surface area contributed by atoms with Crippen LogP contribution in [0.2, 0.25) is 20.1 Å². The Morgan fingerprint density at radius 3 is 2.09 bits per heavy atom. The van der Waals surface area contributed by atoms with E-state index < -0.39 is 5.97 Å². The van der Waals surface area contributed by atoms with Crippen molar-refractivity contribution in [3.8, 4) is 22.5 Å². The maximum atomic E-state index is 12.7. The first kappa shape index (κ1) is 22.9. The minimum atomic E-state index is -1.31. The average Bonchev–Trinajstić information content (AvgIpc) is 2.72. The molecular weight excluding hydrogens is 494 g/mol. The van der Waals surface area contributed by atoms with E-state index in [2.05, 4.69) is 0 Å². The van der Waals surface area contributed by atoms with E-state index in [-0.39, 0.29) is 36.6 Å². The van der Waals surface area contributed by atoms with Gasteiger partial charge in [-0.25, -0.2) is 4.79 Å². The molecule has 1 N–H and O–H groups in total. The van der Waals surface area contributed by atoms with E-state index in [1.54, 1.807) is 19.9 Å². The number of carboxylic acids is 1. The highest BCUT2D eigenvalue weighted by atomic mass is 35.5. The highest BCUT2D eigenvalue weighted by Crippen LogP contribution is 2.51. The average molecular weight is 510 g/mol. The Balaban J connectivity index is 2.41. The van der Waals surface area contributed by atoms with Crippen LogP contribution >= 0.6 is 46.4 Å². The van der Waals surface area contributed by atoms with E-state index in [1.165, 1.54) is 0 Å². The number of carboxylic acid groups (broad SMARTS) is 1. The van der Waals surface area contributed by atoms with Gasteiger partial charge < -0.3 is 9.52 Å². The maximum Gasteiger partial charge on any atom is 0.337 e. The fraction of sp³-hybridized carbons (Fsp3) is 0.167. The van der Waals surface area contributed by atoms with Crippen molar-refractivity contribution in [2.24, 2.45) is 0 Å². The van der Waals surface area contributed by atoms with Crippen LogP contribution in [0.25, 0.3) is 33.4 Å². The van der Waals surface area contributed by atoms with Gasteiger partial charge in [-0.1, -0.05) is 52.5 Å². The Morgan fingerprint density at radius 1 is 0.844 bits per heavy atom. The van der Waals surface area contributed by atoms with Crippen molar-refractivity contribution in [3.63, 3.8) is 0 Å². The predicted molar refractivity (Wildman–Crippen MR) is 130 cm³/mol. The van der Waals surface area contributed by atoms with Crippen LogP contribution in [-0.4, -0.2) is 11.1 Å². The first-order chi connectivity index (χ1) is 15.0. The summed E-state index contributed by atoms with van der Waals surface area (Å²) in [7, 11) is 0.